The molecule has 5 nitrogen and oxygen atoms in total. The van der Waals surface area contributed by atoms with Gasteiger partial charge in [-0.15, -0.1) is 0 Å². The third-order valence-electron chi connectivity index (χ3n) is 2.79. The van der Waals surface area contributed by atoms with Crippen molar-refractivity contribution in [3.63, 3.8) is 0 Å². The van der Waals surface area contributed by atoms with Crippen LogP contribution >= 0.6 is 0 Å². The molecule has 0 saturated carbocycles. The Morgan fingerprint density at radius 3 is 2.76 bits per heavy atom. The van der Waals surface area contributed by atoms with Gasteiger partial charge in [-0.25, -0.2) is 4.39 Å². The van der Waals surface area contributed by atoms with Crippen LogP contribution < -0.4 is 10.1 Å². The van der Waals surface area contributed by atoms with Crippen molar-refractivity contribution in [3.05, 3.63) is 47.6 Å². The minimum Gasteiger partial charge on any atom is -0.494 e. The molecule has 1 heterocycles. The van der Waals surface area contributed by atoms with Gasteiger partial charge in [0, 0.05) is 12.6 Å². The highest BCUT2D eigenvalue weighted by Crippen LogP contribution is 2.11. The Morgan fingerprint density at radius 1 is 1.33 bits per heavy atom. The lowest BCUT2D eigenvalue weighted by Gasteiger charge is -2.06. The Kier molecular flexibility index (Phi) is 5.31. The summed E-state index contributed by atoms with van der Waals surface area (Å²) in [6.45, 7) is 2.81. The molecule has 0 aliphatic rings. The number of nitrogens with one attached hydrogen (secondary N) is 1. The first-order chi connectivity index (χ1) is 10.1. The summed E-state index contributed by atoms with van der Waals surface area (Å²) in [5.74, 6) is 0.301. The lowest BCUT2D eigenvalue weighted by Crippen LogP contribution is -2.24. The number of unbranched alkanes of at least 4 members (excludes halogenated alkanes) is 1. The maximum absolute atomic E-state index is 12.7. The fourth-order valence-corrected chi connectivity index (χ4v) is 1.71. The number of rotatable bonds is 7. The van der Waals surface area contributed by atoms with Crippen LogP contribution in [0.3, 0.4) is 0 Å². The predicted molar refractivity (Wildman–Crippen MR) is 74.7 cm³/mol. The Morgan fingerprint density at radius 2 is 2.10 bits per heavy atom. The number of ether oxygens (including phenoxy) is 1. The second kappa shape index (κ2) is 7.42. The molecule has 112 valence electrons. The minimum atomic E-state index is -0.285. The van der Waals surface area contributed by atoms with E-state index in [0.717, 1.165) is 12.8 Å². The zero-order valence-corrected chi connectivity index (χ0v) is 11.8. The zero-order valence-electron chi connectivity index (χ0n) is 11.8. The van der Waals surface area contributed by atoms with E-state index in [9.17, 15) is 9.18 Å². The molecule has 0 unspecified atom stereocenters. The number of carbonyl (C=O) groups excluding carboxylic acids is 1. The van der Waals surface area contributed by atoms with Crippen LogP contribution in [-0.2, 0) is 0 Å². The molecule has 6 heteroatoms. The molecular weight excluding hydrogens is 275 g/mol. The summed E-state index contributed by atoms with van der Waals surface area (Å²) in [6, 6.07) is 7.48. The van der Waals surface area contributed by atoms with Crippen molar-refractivity contribution in [1.82, 2.24) is 10.5 Å². The molecule has 1 amide bonds. The van der Waals surface area contributed by atoms with Gasteiger partial charge in [-0.05, 0) is 44.0 Å². The van der Waals surface area contributed by atoms with E-state index in [-0.39, 0.29) is 17.5 Å². The molecule has 2 rings (SSSR count). The van der Waals surface area contributed by atoms with Crippen molar-refractivity contribution >= 4 is 5.91 Å². The van der Waals surface area contributed by atoms with Gasteiger partial charge in [0.15, 0.2) is 0 Å². The molecule has 21 heavy (non-hydrogen) atoms. The molecule has 2 aromatic rings. The van der Waals surface area contributed by atoms with Gasteiger partial charge in [-0.2, -0.15) is 0 Å². The number of nitrogens with zero attached hydrogens (tertiary/aromatic N) is 1. The first-order valence-electron chi connectivity index (χ1n) is 6.75. The molecule has 0 atom stereocenters. The van der Waals surface area contributed by atoms with E-state index in [4.69, 9.17) is 9.26 Å². The first-order valence-corrected chi connectivity index (χ1v) is 6.75. The van der Waals surface area contributed by atoms with E-state index in [0.29, 0.717) is 24.6 Å². The molecule has 1 N–H and O–H groups in total. The maximum atomic E-state index is 12.7. The van der Waals surface area contributed by atoms with Crippen LogP contribution in [0.5, 0.6) is 5.75 Å². The number of carbonyl (C=O) groups is 1. The lowest BCUT2D eigenvalue weighted by molar-refractivity contribution is 0.0915. The second-order valence-corrected chi connectivity index (χ2v) is 4.60. The normalized spacial score (nSPS) is 10.4. The molecule has 1 aromatic carbocycles. The predicted octanol–water partition coefficient (Wildman–Crippen LogP) is 2.71. The first kappa shape index (κ1) is 15.0. The van der Waals surface area contributed by atoms with Crippen LogP contribution in [-0.4, -0.2) is 24.2 Å². The standard InChI is InChI=1S/C15H17FN2O3/c1-11-10-14(21-18-11)15(19)17-8-2-3-9-20-13-6-4-12(16)5-7-13/h4-7,10H,2-3,8-9H2,1H3,(H,17,19). The van der Waals surface area contributed by atoms with Gasteiger partial charge in [-0.3, -0.25) is 4.79 Å². The Labute approximate surface area is 122 Å². The molecule has 1 aromatic heterocycles. The zero-order chi connectivity index (χ0) is 15.1. The average molecular weight is 292 g/mol. The van der Waals surface area contributed by atoms with Gasteiger partial charge in [0.1, 0.15) is 11.6 Å². The molecule has 0 bridgehead atoms. The van der Waals surface area contributed by atoms with Crippen LogP contribution in [0.2, 0.25) is 0 Å². The molecule has 0 fully saturated rings. The summed E-state index contributed by atoms with van der Waals surface area (Å²) >= 11 is 0. The number of halogens is 1. The largest absolute Gasteiger partial charge is 0.494 e. The van der Waals surface area contributed by atoms with Crippen LogP contribution in [0.15, 0.2) is 34.9 Å². The summed E-state index contributed by atoms with van der Waals surface area (Å²) in [7, 11) is 0. The van der Waals surface area contributed by atoms with Crippen molar-refractivity contribution in [3.8, 4) is 5.75 Å². The van der Waals surface area contributed by atoms with Crippen molar-refractivity contribution in [2.24, 2.45) is 0 Å². The highest BCUT2D eigenvalue weighted by molar-refractivity contribution is 5.91. The number of amides is 1. The quantitative estimate of drug-likeness (QED) is 0.797. The lowest BCUT2D eigenvalue weighted by atomic mass is 10.3. The Hall–Kier alpha value is -2.37. The minimum absolute atomic E-state index is 0.218. The number of aromatic nitrogens is 1. The fourth-order valence-electron chi connectivity index (χ4n) is 1.71. The third kappa shape index (κ3) is 4.91. The molecule has 0 aliphatic heterocycles. The van der Waals surface area contributed by atoms with E-state index in [1.54, 1.807) is 25.1 Å². The van der Waals surface area contributed by atoms with E-state index >= 15 is 0 Å². The molecule has 0 saturated heterocycles. The smallest absolute Gasteiger partial charge is 0.289 e. The van der Waals surface area contributed by atoms with Gasteiger partial charge in [0.05, 0.1) is 12.3 Å². The maximum Gasteiger partial charge on any atom is 0.289 e. The number of benzene rings is 1. The highest BCUT2D eigenvalue weighted by atomic mass is 19.1. The van der Waals surface area contributed by atoms with Gasteiger partial charge >= 0.3 is 0 Å². The Bertz CT molecular complexity index is 581. The SMILES string of the molecule is Cc1cc(C(=O)NCCCCOc2ccc(F)cc2)on1. The van der Waals surface area contributed by atoms with Gasteiger partial charge < -0.3 is 14.6 Å². The van der Waals surface area contributed by atoms with Crippen LogP contribution in [0.4, 0.5) is 4.39 Å². The third-order valence-corrected chi connectivity index (χ3v) is 2.79. The number of hydrogen-bond acceptors (Lipinski definition) is 4. The number of hydrogen-bond donors (Lipinski definition) is 1. The van der Waals surface area contributed by atoms with E-state index < -0.39 is 0 Å². The summed E-state index contributed by atoms with van der Waals surface area (Å²) in [5.41, 5.74) is 0.674. The monoisotopic (exact) mass is 292 g/mol. The van der Waals surface area contributed by atoms with Crippen LogP contribution in [0.25, 0.3) is 0 Å². The molecule has 0 aliphatic carbocycles. The van der Waals surface area contributed by atoms with Crippen LogP contribution in [0, 0.1) is 12.7 Å². The topological polar surface area (TPSA) is 64.4 Å². The van der Waals surface area contributed by atoms with Crippen molar-refractivity contribution in [2.45, 2.75) is 19.8 Å². The average Bonchev–Trinajstić information content (AvgIpc) is 2.91. The fraction of sp³-hybridized carbons (Fsp3) is 0.333. The van der Waals surface area contributed by atoms with Crippen molar-refractivity contribution in [1.29, 1.82) is 0 Å². The number of aryl methyl sites for hydroxylation is 1. The van der Waals surface area contributed by atoms with Gasteiger partial charge in [-0.1, -0.05) is 5.16 Å². The highest BCUT2D eigenvalue weighted by Gasteiger charge is 2.10. The van der Waals surface area contributed by atoms with Crippen molar-refractivity contribution in [2.75, 3.05) is 13.2 Å². The molecule has 0 radical (unpaired) electrons. The van der Waals surface area contributed by atoms with E-state index in [1.807, 2.05) is 0 Å². The van der Waals surface area contributed by atoms with Crippen LogP contribution in [0.1, 0.15) is 29.1 Å². The van der Waals surface area contributed by atoms with Gasteiger partial charge in [0.25, 0.3) is 5.91 Å². The summed E-state index contributed by atoms with van der Waals surface area (Å²) in [6.07, 6.45) is 1.56. The summed E-state index contributed by atoms with van der Waals surface area (Å²) < 4.78 is 23.0. The molecular formula is C15H17FN2O3. The molecule has 0 spiro atoms. The summed E-state index contributed by atoms with van der Waals surface area (Å²) in [5, 5.41) is 6.39. The van der Waals surface area contributed by atoms with E-state index in [1.165, 1.54) is 12.1 Å². The summed E-state index contributed by atoms with van der Waals surface area (Å²) in [4.78, 5) is 11.6. The van der Waals surface area contributed by atoms with E-state index in [2.05, 4.69) is 10.5 Å². The second-order valence-electron chi connectivity index (χ2n) is 4.60. The Balaban J connectivity index is 1.58. The van der Waals surface area contributed by atoms with Gasteiger partial charge in [0.2, 0.25) is 5.76 Å². The van der Waals surface area contributed by atoms with Crippen molar-refractivity contribution < 1.29 is 18.4 Å².